The topological polar surface area (TPSA) is 49.8 Å². The molecule has 3 atom stereocenters. The molecular formula is C28H33F6NO3. The van der Waals surface area contributed by atoms with Crippen molar-refractivity contribution in [3.05, 3.63) is 41.5 Å². The molecule has 1 aliphatic heterocycles. The number of alkyl halides is 6. The van der Waals surface area contributed by atoms with E-state index >= 15 is 0 Å². The Morgan fingerprint density at radius 3 is 2.29 bits per heavy atom. The maximum Gasteiger partial charge on any atom is 0.420 e. The molecule has 210 valence electrons. The molecule has 0 radical (unpaired) electrons. The lowest BCUT2D eigenvalue weighted by Gasteiger charge is -2.43. The number of carboxylic acid groups (broad SMARTS) is 1. The zero-order valence-electron chi connectivity index (χ0n) is 21.4. The maximum atomic E-state index is 14.6. The van der Waals surface area contributed by atoms with Crippen molar-refractivity contribution in [3.8, 4) is 5.75 Å². The van der Waals surface area contributed by atoms with Crippen molar-refractivity contribution in [2.45, 2.75) is 95.9 Å². The van der Waals surface area contributed by atoms with Gasteiger partial charge in [0.25, 0.3) is 0 Å². The molecule has 1 aliphatic carbocycles. The number of rotatable bonds is 6. The zero-order chi connectivity index (χ0) is 27.8. The van der Waals surface area contributed by atoms with E-state index in [1.807, 2.05) is 13.8 Å². The smallest absolute Gasteiger partial charge is 0.420 e. The van der Waals surface area contributed by atoms with Crippen molar-refractivity contribution < 1.29 is 41.0 Å². The third-order valence-corrected chi connectivity index (χ3v) is 8.20. The lowest BCUT2D eigenvalue weighted by Crippen LogP contribution is -2.48. The highest BCUT2D eigenvalue weighted by atomic mass is 19.4. The van der Waals surface area contributed by atoms with E-state index in [0.29, 0.717) is 30.2 Å². The fourth-order valence-electron chi connectivity index (χ4n) is 6.19. The quantitative estimate of drug-likeness (QED) is 0.376. The van der Waals surface area contributed by atoms with Crippen molar-refractivity contribution >= 4 is 16.7 Å². The number of aliphatic carboxylic acids is 1. The van der Waals surface area contributed by atoms with Crippen molar-refractivity contribution in [1.29, 1.82) is 0 Å². The van der Waals surface area contributed by atoms with Gasteiger partial charge in [-0.1, -0.05) is 31.2 Å². The largest absolute Gasteiger partial charge is 0.490 e. The lowest BCUT2D eigenvalue weighted by atomic mass is 9.84. The molecule has 38 heavy (non-hydrogen) atoms. The molecule has 1 saturated carbocycles. The minimum absolute atomic E-state index is 0.0175. The molecule has 1 N–H and O–H groups in total. The summed E-state index contributed by atoms with van der Waals surface area (Å²) in [6, 6.07) is 7.55. The van der Waals surface area contributed by atoms with Crippen LogP contribution in [-0.2, 0) is 17.5 Å². The van der Waals surface area contributed by atoms with E-state index in [4.69, 9.17) is 4.74 Å². The zero-order valence-corrected chi connectivity index (χ0v) is 21.4. The second-order valence-electron chi connectivity index (χ2n) is 10.7. The Kier molecular flexibility index (Phi) is 8.21. The molecule has 2 fully saturated rings. The Morgan fingerprint density at radius 2 is 1.71 bits per heavy atom. The average Bonchev–Trinajstić information content (AvgIpc) is 2.84. The summed E-state index contributed by atoms with van der Waals surface area (Å²) in [5.74, 6) is -3.16. The maximum absolute atomic E-state index is 14.6. The van der Waals surface area contributed by atoms with E-state index in [1.54, 1.807) is 24.3 Å². The fourth-order valence-corrected chi connectivity index (χ4v) is 6.19. The van der Waals surface area contributed by atoms with Crippen LogP contribution >= 0.6 is 0 Å². The highest BCUT2D eigenvalue weighted by Gasteiger charge is 2.43. The second kappa shape index (κ2) is 10.9. The second-order valence-corrected chi connectivity index (χ2v) is 10.7. The summed E-state index contributed by atoms with van der Waals surface area (Å²) in [4.78, 5) is 13.7. The third-order valence-electron chi connectivity index (χ3n) is 8.20. The van der Waals surface area contributed by atoms with Gasteiger partial charge in [-0.25, -0.2) is 0 Å². The number of ether oxygens (including phenoxy) is 1. The molecular weight excluding hydrogens is 512 g/mol. The van der Waals surface area contributed by atoms with Gasteiger partial charge in [0.2, 0.25) is 0 Å². The number of piperidine rings is 1. The molecule has 1 saturated heterocycles. The van der Waals surface area contributed by atoms with Gasteiger partial charge in [-0.3, -0.25) is 9.69 Å². The van der Waals surface area contributed by atoms with Crippen molar-refractivity contribution in [2.24, 2.45) is 11.8 Å². The van der Waals surface area contributed by atoms with Gasteiger partial charge < -0.3 is 9.84 Å². The van der Waals surface area contributed by atoms with Crippen LogP contribution in [0.5, 0.6) is 5.75 Å². The monoisotopic (exact) mass is 545 g/mol. The number of fused-ring (bicyclic) bond motifs is 1. The van der Waals surface area contributed by atoms with Crippen LogP contribution in [0, 0.1) is 11.8 Å². The van der Waals surface area contributed by atoms with Crippen molar-refractivity contribution in [3.63, 3.8) is 0 Å². The molecule has 3 unspecified atom stereocenters. The number of nitrogens with zero attached hydrogens (tertiary/aromatic N) is 1. The van der Waals surface area contributed by atoms with E-state index in [0.717, 1.165) is 0 Å². The number of benzene rings is 2. The Labute approximate surface area is 217 Å². The number of halogens is 6. The van der Waals surface area contributed by atoms with E-state index in [2.05, 4.69) is 4.90 Å². The van der Waals surface area contributed by atoms with Gasteiger partial charge in [0.05, 0.1) is 17.9 Å². The van der Waals surface area contributed by atoms with Gasteiger partial charge in [0.15, 0.2) is 0 Å². The Hall–Kier alpha value is -2.49. The van der Waals surface area contributed by atoms with Crippen LogP contribution < -0.4 is 4.74 Å². The van der Waals surface area contributed by atoms with Gasteiger partial charge in [-0.05, 0) is 68.9 Å². The summed E-state index contributed by atoms with van der Waals surface area (Å²) in [6.07, 6.45) is -8.54. The number of carboxylic acids is 1. The number of carbonyl (C=O) groups is 1. The SMILES string of the molecule is CCC1CC(C(=O)O)CC(C)N1Cc1cccc2ccc(OC3CCC(C(F)(F)F)CC3)c(C(F)(F)F)c12. The van der Waals surface area contributed by atoms with E-state index in [1.165, 1.54) is 6.07 Å². The number of hydrogen-bond acceptors (Lipinski definition) is 3. The van der Waals surface area contributed by atoms with Gasteiger partial charge in [0.1, 0.15) is 11.3 Å². The molecule has 0 bridgehead atoms. The van der Waals surface area contributed by atoms with Crippen molar-refractivity contribution in [1.82, 2.24) is 4.90 Å². The van der Waals surface area contributed by atoms with Crippen LogP contribution in [-0.4, -0.2) is 40.3 Å². The molecule has 4 rings (SSSR count). The molecule has 10 heteroatoms. The minimum atomic E-state index is -4.75. The average molecular weight is 546 g/mol. The highest BCUT2D eigenvalue weighted by Crippen LogP contribution is 2.45. The van der Waals surface area contributed by atoms with Crippen LogP contribution in [0.2, 0.25) is 0 Å². The van der Waals surface area contributed by atoms with Gasteiger partial charge in [-0.2, -0.15) is 26.3 Å². The number of hydrogen-bond donors (Lipinski definition) is 1. The van der Waals surface area contributed by atoms with E-state index in [-0.39, 0.29) is 55.4 Å². The van der Waals surface area contributed by atoms with E-state index < -0.39 is 41.8 Å². The Morgan fingerprint density at radius 1 is 1.03 bits per heavy atom. The first kappa shape index (κ1) is 28.5. The normalized spacial score (nSPS) is 27.4. The molecule has 1 heterocycles. The molecule has 0 amide bonds. The van der Waals surface area contributed by atoms with Crippen LogP contribution in [0.4, 0.5) is 26.3 Å². The first-order chi connectivity index (χ1) is 17.8. The summed E-state index contributed by atoms with van der Waals surface area (Å²) in [5, 5.41) is 9.93. The summed E-state index contributed by atoms with van der Waals surface area (Å²) in [6.45, 7) is 4.06. The van der Waals surface area contributed by atoms with Crippen LogP contribution in [0.1, 0.15) is 69.9 Å². The molecule has 0 spiro atoms. The molecule has 0 aromatic heterocycles. The first-order valence-corrected chi connectivity index (χ1v) is 13.1. The lowest BCUT2D eigenvalue weighted by molar-refractivity contribution is -0.185. The van der Waals surface area contributed by atoms with Crippen LogP contribution in [0.3, 0.4) is 0 Å². The molecule has 2 aromatic carbocycles. The predicted molar refractivity (Wildman–Crippen MR) is 131 cm³/mol. The third kappa shape index (κ3) is 6.05. The summed E-state index contributed by atoms with van der Waals surface area (Å²) in [7, 11) is 0. The highest BCUT2D eigenvalue weighted by molar-refractivity contribution is 5.91. The minimum Gasteiger partial charge on any atom is -0.490 e. The van der Waals surface area contributed by atoms with Crippen LogP contribution in [0.25, 0.3) is 10.8 Å². The standard InChI is InChI=1S/C28H33F6NO3/c1-3-21-14-19(26(36)37)13-16(2)35(21)15-18-6-4-5-17-7-12-23(25(24(17)18)28(32,33)34)38-22-10-8-20(9-11-22)27(29,30)31/h4-7,12,16,19-22H,3,8-11,13-15H2,1-2H3,(H,36,37). The van der Waals surface area contributed by atoms with Gasteiger partial charge >= 0.3 is 18.3 Å². The van der Waals surface area contributed by atoms with Crippen molar-refractivity contribution in [2.75, 3.05) is 0 Å². The van der Waals surface area contributed by atoms with Crippen LogP contribution in [0.15, 0.2) is 30.3 Å². The molecule has 4 nitrogen and oxygen atoms in total. The van der Waals surface area contributed by atoms with E-state index in [9.17, 15) is 36.2 Å². The summed E-state index contributed by atoms with van der Waals surface area (Å²) < 4.78 is 88.6. The predicted octanol–water partition coefficient (Wildman–Crippen LogP) is 7.82. The van der Waals surface area contributed by atoms with Gasteiger partial charge in [-0.15, -0.1) is 0 Å². The Bertz CT molecular complexity index is 1140. The number of likely N-dealkylation sites (tertiary alicyclic amines) is 1. The first-order valence-electron chi connectivity index (χ1n) is 13.1. The molecule has 2 aromatic rings. The van der Waals surface area contributed by atoms with Gasteiger partial charge in [0, 0.05) is 24.0 Å². The summed E-state index contributed by atoms with van der Waals surface area (Å²) >= 11 is 0. The summed E-state index contributed by atoms with van der Waals surface area (Å²) in [5.41, 5.74) is -0.454. The Balaban J connectivity index is 1.67. The fraction of sp³-hybridized carbons (Fsp3) is 0.607. The molecule has 2 aliphatic rings.